The van der Waals surface area contributed by atoms with E-state index < -0.39 is 11.6 Å². The molecule has 1 aromatic heterocycles. The summed E-state index contributed by atoms with van der Waals surface area (Å²) in [6.45, 7) is 0. The van der Waals surface area contributed by atoms with Gasteiger partial charge in [0.25, 0.3) is 0 Å². The van der Waals surface area contributed by atoms with Crippen molar-refractivity contribution < 1.29 is 8.78 Å². The highest BCUT2D eigenvalue weighted by Crippen LogP contribution is 2.29. The molecule has 0 amide bonds. The number of aromatic nitrogens is 1. The number of benzene rings is 1. The number of hydrogen-bond acceptors (Lipinski definition) is 3. The Morgan fingerprint density at radius 1 is 1.20 bits per heavy atom. The molecule has 0 bridgehead atoms. The van der Waals surface area contributed by atoms with E-state index in [-0.39, 0.29) is 0 Å². The van der Waals surface area contributed by atoms with Gasteiger partial charge in [-0.15, -0.1) is 0 Å². The molecule has 0 saturated carbocycles. The number of nitrogens with one attached hydrogen (secondary N) is 1. The standard InChI is InChI=1S/C10H8F2N2S/c1-13-10-14-5-9(15-10)6-2-7(11)4-8(12)3-6/h2-5H,1H3,(H,13,14). The predicted molar refractivity (Wildman–Crippen MR) is 57.0 cm³/mol. The van der Waals surface area contributed by atoms with Crippen molar-refractivity contribution in [2.45, 2.75) is 0 Å². The monoisotopic (exact) mass is 226 g/mol. The topological polar surface area (TPSA) is 24.9 Å². The fraction of sp³-hybridized carbons (Fsp3) is 0.100. The summed E-state index contributed by atoms with van der Waals surface area (Å²) in [6.07, 6.45) is 1.59. The van der Waals surface area contributed by atoms with E-state index in [1.165, 1.54) is 23.5 Å². The molecule has 0 atom stereocenters. The second-order valence-corrected chi connectivity index (χ2v) is 3.97. The van der Waals surface area contributed by atoms with E-state index >= 15 is 0 Å². The third-order valence-electron chi connectivity index (χ3n) is 1.87. The highest BCUT2D eigenvalue weighted by Gasteiger charge is 2.06. The zero-order valence-electron chi connectivity index (χ0n) is 7.92. The number of nitrogens with zero attached hydrogens (tertiary/aromatic N) is 1. The molecule has 0 aliphatic rings. The number of hydrogen-bond donors (Lipinski definition) is 1. The Hall–Kier alpha value is -1.49. The van der Waals surface area contributed by atoms with Gasteiger partial charge in [-0.3, -0.25) is 0 Å². The minimum Gasteiger partial charge on any atom is -0.365 e. The van der Waals surface area contributed by atoms with Gasteiger partial charge < -0.3 is 5.32 Å². The molecule has 5 heteroatoms. The molecule has 0 unspecified atom stereocenters. The molecule has 0 radical (unpaired) electrons. The van der Waals surface area contributed by atoms with Gasteiger partial charge in [-0.2, -0.15) is 0 Å². The molecule has 78 valence electrons. The summed E-state index contributed by atoms with van der Waals surface area (Å²) in [5.74, 6) is -1.16. The van der Waals surface area contributed by atoms with Gasteiger partial charge in [0.15, 0.2) is 5.13 Å². The Kier molecular flexibility index (Phi) is 2.64. The fourth-order valence-electron chi connectivity index (χ4n) is 1.22. The Balaban J connectivity index is 2.44. The lowest BCUT2D eigenvalue weighted by atomic mass is 10.2. The lowest BCUT2D eigenvalue weighted by Crippen LogP contribution is -1.83. The Morgan fingerprint density at radius 3 is 2.40 bits per heavy atom. The minimum atomic E-state index is -0.579. The van der Waals surface area contributed by atoms with Gasteiger partial charge in [-0.25, -0.2) is 13.8 Å². The maximum Gasteiger partial charge on any atom is 0.182 e. The first-order valence-electron chi connectivity index (χ1n) is 4.29. The molecule has 0 aliphatic carbocycles. The number of rotatable bonds is 2. The van der Waals surface area contributed by atoms with Gasteiger partial charge in [-0.1, -0.05) is 11.3 Å². The summed E-state index contributed by atoms with van der Waals surface area (Å²) in [7, 11) is 1.74. The summed E-state index contributed by atoms with van der Waals surface area (Å²) in [6, 6.07) is 3.43. The van der Waals surface area contributed by atoms with Gasteiger partial charge in [0, 0.05) is 19.3 Å². The second kappa shape index (κ2) is 3.94. The van der Waals surface area contributed by atoms with Crippen molar-refractivity contribution in [2.24, 2.45) is 0 Å². The molecule has 2 rings (SSSR count). The van der Waals surface area contributed by atoms with E-state index in [1.54, 1.807) is 13.2 Å². The van der Waals surface area contributed by atoms with Gasteiger partial charge in [0.1, 0.15) is 11.6 Å². The van der Waals surface area contributed by atoms with Crippen molar-refractivity contribution in [3.8, 4) is 10.4 Å². The van der Waals surface area contributed by atoms with Crippen LogP contribution in [0.25, 0.3) is 10.4 Å². The van der Waals surface area contributed by atoms with Crippen molar-refractivity contribution in [2.75, 3.05) is 12.4 Å². The predicted octanol–water partition coefficient (Wildman–Crippen LogP) is 3.13. The van der Waals surface area contributed by atoms with Crippen molar-refractivity contribution in [1.82, 2.24) is 4.98 Å². The van der Waals surface area contributed by atoms with Gasteiger partial charge in [0.05, 0.1) is 4.88 Å². The summed E-state index contributed by atoms with van der Waals surface area (Å²) in [5, 5.41) is 3.58. The summed E-state index contributed by atoms with van der Waals surface area (Å²) >= 11 is 1.35. The number of thiazole rings is 1. The van der Waals surface area contributed by atoms with Crippen LogP contribution in [0.3, 0.4) is 0 Å². The SMILES string of the molecule is CNc1ncc(-c2cc(F)cc(F)c2)s1. The van der Waals surface area contributed by atoms with Crippen molar-refractivity contribution in [3.63, 3.8) is 0 Å². The largest absolute Gasteiger partial charge is 0.365 e. The molecule has 0 fully saturated rings. The molecule has 2 nitrogen and oxygen atoms in total. The highest BCUT2D eigenvalue weighted by molar-refractivity contribution is 7.18. The second-order valence-electron chi connectivity index (χ2n) is 2.94. The van der Waals surface area contributed by atoms with Gasteiger partial charge in [-0.05, 0) is 17.7 Å². The van der Waals surface area contributed by atoms with E-state index in [4.69, 9.17) is 0 Å². The molecule has 15 heavy (non-hydrogen) atoms. The van der Waals surface area contributed by atoms with Crippen molar-refractivity contribution in [3.05, 3.63) is 36.0 Å². The lowest BCUT2D eigenvalue weighted by molar-refractivity contribution is 0.584. The molecular weight excluding hydrogens is 218 g/mol. The van der Waals surface area contributed by atoms with Crippen LogP contribution in [0.1, 0.15) is 0 Å². The maximum atomic E-state index is 12.9. The third kappa shape index (κ3) is 2.12. The van der Waals surface area contributed by atoms with E-state index in [2.05, 4.69) is 10.3 Å². The number of anilines is 1. The molecule has 0 saturated heterocycles. The molecule has 2 aromatic rings. The molecule has 0 spiro atoms. The average Bonchev–Trinajstić information content (AvgIpc) is 2.64. The van der Waals surface area contributed by atoms with Crippen LogP contribution in [0, 0.1) is 11.6 Å². The summed E-state index contributed by atoms with van der Waals surface area (Å²) < 4.78 is 25.9. The summed E-state index contributed by atoms with van der Waals surface area (Å²) in [5.41, 5.74) is 0.506. The van der Waals surface area contributed by atoms with Crippen molar-refractivity contribution >= 4 is 16.5 Å². The zero-order valence-corrected chi connectivity index (χ0v) is 8.74. The van der Waals surface area contributed by atoms with Crippen LogP contribution in [0.15, 0.2) is 24.4 Å². The molecule has 1 heterocycles. The average molecular weight is 226 g/mol. The van der Waals surface area contributed by atoms with Crippen LogP contribution in [0.5, 0.6) is 0 Å². The number of halogens is 2. The molecule has 0 aliphatic heterocycles. The quantitative estimate of drug-likeness (QED) is 0.851. The van der Waals surface area contributed by atoms with E-state index in [0.29, 0.717) is 5.56 Å². The Labute approximate surface area is 89.6 Å². The third-order valence-corrected chi connectivity index (χ3v) is 2.93. The van der Waals surface area contributed by atoms with Crippen LogP contribution in [-0.2, 0) is 0 Å². The van der Waals surface area contributed by atoms with E-state index in [1.807, 2.05) is 0 Å². The van der Waals surface area contributed by atoms with Crippen LogP contribution in [0.2, 0.25) is 0 Å². The first kappa shape index (κ1) is 10.0. The van der Waals surface area contributed by atoms with Crippen LogP contribution < -0.4 is 5.32 Å². The first-order valence-corrected chi connectivity index (χ1v) is 5.11. The lowest BCUT2D eigenvalue weighted by Gasteiger charge is -1.97. The van der Waals surface area contributed by atoms with Crippen LogP contribution in [-0.4, -0.2) is 12.0 Å². The highest BCUT2D eigenvalue weighted by atomic mass is 32.1. The molecule has 1 aromatic carbocycles. The maximum absolute atomic E-state index is 12.9. The van der Waals surface area contributed by atoms with E-state index in [0.717, 1.165) is 16.1 Å². The smallest absolute Gasteiger partial charge is 0.182 e. The van der Waals surface area contributed by atoms with Crippen LogP contribution >= 0.6 is 11.3 Å². The Morgan fingerprint density at radius 2 is 1.87 bits per heavy atom. The zero-order chi connectivity index (χ0) is 10.8. The minimum absolute atomic E-state index is 0.506. The fourth-order valence-corrected chi connectivity index (χ4v) is 1.98. The summed E-state index contributed by atoms with van der Waals surface area (Å²) in [4.78, 5) is 4.77. The molecular formula is C10H8F2N2S. The van der Waals surface area contributed by atoms with E-state index in [9.17, 15) is 8.78 Å². The normalized spacial score (nSPS) is 10.3. The van der Waals surface area contributed by atoms with Crippen LogP contribution in [0.4, 0.5) is 13.9 Å². The van der Waals surface area contributed by atoms with Gasteiger partial charge >= 0.3 is 0 Å². The van der Waals surface area contributed by atoms with Crippen molar-refractivity contribution in [1.29, 1.82) is 0 Å². The first-order chi connectivity index (χ1) is 7.19. The van der Waals surface area contributed by atoms with Gasteiger partial charge in [0.2, 0.25) is 0 Å². The molecule has 1 N–H and O–H groups in total. The Bertz CT molecular complexity index is 462.